The van der Waals surface area contributed by atoms with E-state index in [1.807, 2.05) is 13.1 Å². The number of rotatable bonds is 2. The van der Waals surface area contributed by atoms with E-state index >= 15 is 0 Å². The van der Waals surface area contributed by atoms with Crippen LogP contribution in [0, 0.1) is 6.92 Å². The van der Waals surface area contributed by atoms with Gasteiger partial charge in [-0.05, 0) is 19.3 Å². The van der Waals surface area contributed by atoms with E-state index in [1.165, 1.54) is 16.1 Å². The van der Waals surface area contributed by atoms with Crippen molar-refractivity contribution < 1.29 is 13.2 Å². The van der Waals surface area contributed by atoms with Gasteiger partial charge in [0.05, 0.1) is 5.01 Å². The first-order chi connectivity index (χ1) is 9.24. The molecule has 0 fully saturated rings. The van der Waals surface area contributed by atoms with E-state index < -0.39 is 11.2 Å². The van der Waals surface area contributed by atoms with E-state index in [9.17, 15) is 13.2 Å². The zero-order chi connectivity index (χ0) is 15.3. The average Bonchev–Trinajstić information content (AvgIpc) is 2.96. The van der Waals surface area contributed by atoms with Crippen LogP contribution in [-0.4, -0.2) is 9.97 Å². The molecule has 2 aromatic heterocycles. The van der Waals surface area contributed by atoms with Crippen LogP contribution in [0.3, 0.4) is 0 Å². The van der Waals surface area contributed by atoms with E-state index in [0.717, 1.165) is 0 Å². The number of thiazole rings is 2. The van der Waals surface area contributed by atoms with Crippen LogP contribution in [0.2, 0.25) is 0 Å². The summed E-state index contributed by atoms with van der Waals surface area (Å²) in [5.74, 6) is 0.635. The average molecular weight is 322 g/mol. The third-order valence-corrected chi connectivity index (χ3v) is 4.75. The zero-order valence-corrected chi connectivity index (χ0v) is 13.4. The molecule has 0 saturated heterocycles. The first-order valence-electron chi connectivity index (χ1n) is 6.18. The van der Waals surface area contributed by atoms with E-state index in [1.54, 1.807) is 18.3 Å². The Kier molecular flexibility index (Phi) is 6.13. The second kappa shape index (κ2) is 7.17. The molecule has 0 aromatic carbocycles. The molecule has 2 aromatic rings. The third-order valence-electron chi connectivity index (χ3n) is 2.35. The highest BCUT2D eigenvalue weighted by atomic mass is 32.1. The molecule has 0 aliphatic heterocycles. The van der Waals surface area contributed by atoms with Crippen LogP contribution in [0.4, 0.5) is 13.2 Å². The highest BCUT2D eigenvalue weighted by Crippen LogP contribution is 2.32. The van der Waals surface area contributed by atoms with Gasteiger partial charge in [0.1, 0.15) is 0 Å². The van der Waals surface area contributed by atoms with Crippen LogP contribution in [0.25, 0.3) is 0 Å². The fourth-order valence-corrected chi connectivity index (χ4v) is 2.75. The molecule has 0 atom stereocenters. The van der Waals surface area contributed by atoms with Crippen LogP contribution >= 0.6 is 22.7 Å². The molecule has 112 valence electrons. The Labute approximate surface area is 124 Å². The lowest BCUT2D eigenvalue weighted by molar-refractivity contribution is -0.137. The molecule has 0 radical (unpaired) electrons. The molecule has 7 heteroatoms. The van der Waals surface area contributed by atoms with Crippen LogP contribution in [0.15, 0.2) is 12.4 Å². The van der Waals surface area contributed by atoms with Crippen molar-refractivity contribution in [1.29, 1.82) is 0 Å². The number of hydrogen-bond acceptors (Lipinski definition) is 4. The van der Waals surface area contributed by atoms with Crippen molar-refractivity contribution in [2.24, 2.45) is 0 Å². The summed E-state index contributed by atoms with van der Waals surface area (Å²) in [4.78, 5) is 9.45. The number of nitrogens with zero attached hydrogens (tertiary/aromatic N) is 2. The topological polar surface area (TPSA) is 25.8 Å². The van der Waals surface area contributed by atoms with Crippen molar-refractivity contribution in [3.63, 3.8) is 0 Å². The Balaban J connectivity index is 0.000000204. The van der Waals surface area contributed by atoms with Gasteiger partial charge < -0.3 is 0 Å². The maximum atomic E-state index is 11.9. The quantitative estimate of drug-likeness (QED) is 0.750. The second-order valence-electron chi connectivity index (χ2n) is 4.42. The Morgan fingerprint density at radius 1 is 1.15 bits per heavy atom. The molecular weight excluding hydrogens is 305 g/mol. The summed E-state index contributed by atoms with van der Waals surface area (Å²) < 4.78 is 35.7. The zero-order valence-electron chi connectivity index (χ0n) is 11.8. The number of aryl methyl sites for hydroxylation is 2. The smallest absolute Gasteiger partial charge is 0.250 e. The molecule has 2 nitrogen and oxygen atoms in total. The van der Waals surface area contributed by atoms with Crippen molar-refractivity contribution in [3.05, 3.63) is 32.2 Å². The van der Waals surface area contributed by atoms with Gasteiger partial charge >= 0.3 is 6.18 Å². The Hall–Kier alpha value is -0.950. The molecule has 0 aliphatic carbocycles. The van der Waals surface area contributed by atoms with E-state index in [0.29, 0.717) is 28.6 Å². The second-order valence-corrected chi connectivity index (χ2v) is 6.80. The van der Waals surface area contributed by atoms with Gasteiger partial charge in [-0.25, -0.2) is 9.97 Å². The molecule has 20 heavy (non-hydrogen) atoms. The van der Waals surface area contributed by atoms with Crippen LogP contribution < -0.4 is 0 Å². The monoisotopic (exact) mass is 322 g/mol. The first kappa shape index (κ1) is 17.1. The van der Waals surface area contributed by atoms with E-state index in [4.69, 9.17) is 0 Å². The lowest BCUT2D eigenvalue weighted by Gasteiger charge is -1.98. The molecule has 0 aliphatic rings. The number of alkyl halides is 3. The normalized spacial score (nSPS) is 11.4. The molecule has 0 saturated carbocycles. The maximum absolute atomic E-state index is 11.9. The highest BCUT2D eigenvalue weighted by Gasteiger charge is 2.34. The summed E-state index contributed by atoms with van der Waals surface area (Å²) in [6.07, 6.45) is -0.440. The minimum Gasteiger partial charge on any atom is -0.250 e. The Bertz CT molecular complexity index is 530. The predicted molar refractivity (Wildman–Crippen MR) is 77.4 cm³/mol. The molecule has 2 rings (SSSR count). The number of hydrogen-bond donors (Lipinski definition) is 0. The molecule has 0 N–H and O–H groups in total. The minimum absolute atomic E-state index is 0.605. The van der Waals surface area contributed by atoms with Crippen molar-refractivity contribution >= 4 is 22.7 Å². The fraction of sp³-hybridized carbons (Fsp3) is 0.538. The fourth-order valence-electron chi connectivity index (χ4n) is 1.25. The van der Waals surface area contributed by atoms with E-state index in [-0.39, 0.29) is 0 Å². The standard InChI is InChI=1S/C7H11NS.C6H6F3NS/c1-5(2)7-4-8-6(3)9-7;1-2-4-3-10-5(11-4)6(7,8)9/h4-5H,1-3H3;3H,2H2,1H3. The summed E-state index contributed by atoms with van der Waals surface area (Å²) >= 11 is 2.49. The largest absolute Gasteiger partial charge is 0.443 e. The van der Waals surface area contributed by atoms with Gasteiger partial charge in [-0.2, -0.15) is 13.2 Å². The molecule has 0 amide bonds. The number of halogens is 3. The molecular formula is C13H17F3N2S2. The van der Waals surface area contributed by atoms with Gasteiger partial charge in [0.2, 0.25) is 0 Å². The van der Waals surface area contributed by atoms with Crippen LogP contribution in [0.5, 0.6) is 0 Å². The Morgan fingerprint density at radius 3 is 2.05 bits per heavy atom. The summed E-state index contributed by atoms with van der Waals surface area (Å²) in [5, 5.41) is 0.410. The van der Waals surface area contributed by atoms with Gasteiger partial charge in [0.15, 0.2) is 5.01 Å². The lowest BCUT2D eigenvalue weighted by Crippen LogP contribution is -2.02. The predicted octanol–water partition coefficient (Wildman–Crippen LogP) is 5.30. The van der Waals surface area contributed by atoms with Crippen molar-refractivity contribution in [3.8, 4) is 0 Å². The minimum atomic E-state index is -4.28. The van der Waals surface area contributed by atoms with Crippen LogP contribution in [0.1, 0.15) is 46.5 Å². The van der Waals surface area contributed by atoms with Gasteiger partial charge in [-0.1, -0.05) is 20.8 Å². The van der Waals surface area contributed by atoms with Crippen molar-refractivity contribution in [2.45, 2.75) is 46.2 Å². The van der Waals surface area contributed by atoms with Crippen molar-refractivity contribution in [1.82, 2.24) is 9.97 Å². The highest BCUT2D eigenvalue weighted by molar-refractivity contribution is 7.11. The van der Waals surface area contributed by atoms with Crippen molar-refractivity contribution in [2.75, 3.05) is 0 Å². The van der Waals surface area contributed by atoms with Gasteiger partial charge in [0, 0.05) is 22.1 Å². The summed E-state index contributed by atoms with van der Waals surface area (Å²) in [5.41, 5.74) is 0. The Morgan fingerprint density at radius 2 is 1.80 bits per heavy atom. The molecule has 2 heterocycles. The number of aromatic nitrogens is 2. The summed E-state index contributed by atoms with van der Waals surface area (Å²) in [6, 6.07) is 0. The summed E-state index contributed by atoms with van der Waals surface area (Å²) in [6.45, 7) is 8.21. The van der Waals surface area contributed by atoms with Gasteiger partial charge in [-0.3, -0.25) is 0 Å². The molecule has 0 bridgehead atoms. The van der Waals surface area contributed by atoms with Gasteiger partial charge in [0.25, 0.3) is 0 Å². The first-order valence-corrected chi connectivity index (χ1v) is 7.81. The molecule has 0 spiro atoms. The third kappa shape index (κ3) is 5.20. The summed E-state index contributed by atoms with van der Waals surface area (Å²) in [7, 11) is 0. The SMILES string of the molecule is CCc1cnc(C(F)(F)F)s1.Cc1ncc(C(C)C)s1. The molecule has 0 unspecified atom stereocenters. The maximum Gasteiger partial charge on any atom is 0.443 e. The van der Waals surface area contributed by atoms with Crippen LogP contribution in [-0.2, 0) is 12.6 Å². The van der Waals surface area contributed by atoms with E-state index in [2.05, 4.69) is 23.8 Å². The van der Waals surface area contributed by atoms with Gasteiger partial charge in [-0.15, -0.1) is 22.7 Å². The lowest BCUT2D eigenvalue weighted by atomic mass is 10.2.